The third kappa shape index (κ3) is 2.57. The van der Waals surface area contributed by atoms with Gasteiger partial charge in [0.1, 0.15) is 0 Å². The molecule has 0 aromatic rings. The van der Waals surface area contributed by atoms with Crippen LogP contribution in [0, 0.1) is 0 Å². The third-order valence-electron chi connectivity index (χ3n) is 1.38. The maximum Gasteiger partial charge on any atom is 0.293 e. The van der Waals surface area contributed by atoms with E-state index in [0.29, 0.717) is 12.5 Å². The van der Waals surface area contributed by atoms with Crippen LogP contribution in [-0.2, 0) is 24.5 Å². The van der Waals surface area contributed by atoms with Crippen LogP contribution in [0.25, 0.3) is 0 Å². The van der Waals surface area contributed by atoms with Crippen molar-refractivity contribution >= 4 is 48.9 Å². The fourth-order valence-electron chi connectivity index (χ4n) is 0.566. The van der Waals surface area contributed by atoms with Crippen LogP contribution < -0.4 is 5.73 Å². The van der Waals surface area contributed by atoms with Crippen LogP contribution in [-0.4, -0.2) is 38.8 Å². The van der Waals surface area contributed by atoms with Gasteiger partial charge in [-0.2, -0.15) is 0 Å². The van der Waals surface area contributed by atoms with Crippen molar-refractivity contribution in [2.45, 2.75) is 4.20 Å². The highest BCUT2D eigenvalue weighted by molar-refractivity contribution is 8.11. The van der Waals surface area contributed by atoms with Crippen LogP contribution in [0.3, 0.4) is 0 Å². The van der Waals surface area contributed by atoms with Crippen LogP contribution in [0.4, 0.5) is 0 Å². The first-order chi connectivity index (χ1) is 5.44. The summed E-state index contributed by atoms with van der Waals surface area (Å²) >= 11 is 4.83. The van der Waals surface area contributed by atoms with Crippen molar-refractivity contribution < 1.29 is 21.6 Å². The second kappa shape index (κ2) is 4.31. The van der Waals surface area contributed by atoms with Gasteiger partial charge in [0.05, 0.1) is 0 Å². The van der Waals surface area contributed by atoms with E-state index in [2.05, 4.69) is 0 Å². The van der Waals surface area contributed by atoms with Gasteiger partial charge in [-0.05, 0) is 11.6 Å². The Labute approximate surface area is 93.0 Å². The highest BCUT2D eigenvalue weighted by Gasteiger charge is 2.53. The molecular weight excluding hydrogens is 277 g/mol. The Hall–Kier alpha value is 0.110. The van der Waals surface area contributed by atoms with E-state index in [0.717, 1.165) is 0 Å². The fraction of sp³-hybridized carbons (Fsp3) is 0.750. The first kappa shape index (κ1) is 16.5. The van der Waals surface area contributed by atoms with Crippen molar-refractivity contribution in [2.24, 2.45) is 5.73 Å². The molecule has 0 aliphatic rings. The molecule has 0 fully saturated rings. The van der Waals surface area contributed by atoms with Crippen molar-refractivity contribution in [1.82, 2.24) is 0 Å². The van der Waals surface area contributed by atoms with Gasteiger partial charge in [0.15, 0.2) is 19.7 Å². The van der Waals surface area contributed by atoms with Crippen LogP contribution in [0.1, 0.15) is 0 Å². The van der Waals surface area contributed by atoms with Gasteiger partial charge in [0.25, 0.3) is 9.45 Å². The molecule has 0 rings (SSSR count). The summed E-state index contributed by atoms with van der Waals surface area (Å²) in [6.07, 6.45) is 1.04. The Bertz CT molecular complexity index is 393. The van der Waals surface area contributed by atoms with Gasteiger partial charge in [-0.3, -0.25) is 10.5 Å². The van der Waals surface area contributed by atoms with E-state index in [1.165, 1.54) is 0 Å². The fourth-order valence-corrected chi connectivity index (χ4v) is 4.19. The Kier molecular flexibility index (Phi) is 5.10. The molecule has 0 atom stereocenters. The third-order valence-corrected chi connectivity index (χ3v) is 6.29. The van der Waals surface area contributed by atoms with E-state index < -0.39 is 29.1 Å². The molecule has 0 amide bonds. The Balaban J connectivity index is 0. The SMILES string of the molecule is CS(=O)(=O)C(N)(C(=O)Cl)S(C)(=O)=O.Cl. The summed E-state index contributed by atoms with van der Waals surface area (Å²) in [6.45, 7) is 0. The number of rotatable bonds is 3. The Morgan fingerprint density at radius 1 is 1.14 bits per heavy atom. The molecule has 0 saturated heterocycles. The van der Waals surface area contributed by atoms with Gasteiger partial charge in [0.2, 0.25) is 0 Å². The number of hydrogen-bond donors (Lipinski definition) is 1. The minimum absolute atomic E-state index is 0. The molecular formula is C4H9Cl2NO5S2. The molecule has 0 aromatic heterocycles. The van der Waals surface area contributed by atoms with E-state index in [1.807, 2.05) is 0 Å². The molecule has 14 heavy (non-hydrogen) atoms. The summed E-state index contributed by atoms with van der Waals surface area (Å²) in [5, 5.41) is -1.64. The molecule has 10 heteroatoms. The predicted molar refractivity (Wildman–Crippen MR) is 54.7 cm³/mol. The molecule has 0 saturated carbocycles. The van der Waals surface area contributed by atoms with Crippen LogP contribution in [0.15, 0.2) is 0 Å². The monoisotopic (exact) mass is 285 g/mol. The highest BCUT2D eigenvalue weighted by atomic mass is 35.5. The zero-order valence-corrected chi connectivity index (χ0v) is 10.4. The van der Waals surface area contributed by atoms with Gasteiger partial charge in [-0.25, -0.2) is 16.8 Å². The van der Waals surface area contributed by atoms with Gasteiger partial charge < -0.3 is 0 Å². The molecule has 86 valence electrons. The number of carbonyl (C=O) groups is 1. The topological polar surface area (TPSA) is 111 Å². The summed E-state index contributed by atoms with van der Waals surface area (Å²) in [6, 6.07) is 0. The molecule has 0 radical (unpaired) electrons. The lowest BCUT2D eigenvalue weighted by molar-refractivity contribution is -0.112. The quantitative estimate of drug-likeness (QED) is 0.657. The number of halogens is 2. The zero-order chi connectivity index (χ0) is 11.1. The molecule has 0 unspecified atom stereocenters. The molecule has 0 spiro atoms. The molecule has 6 nitrogen and oxygen atoms in total. The second-order valence-electron chi connectivity index (χ2n) is 2.49. The smallest absolute Gasteiger partial charge is 0.292 e. The lowest BCUT2D eigenvalue weighted by Crippen LogP contribution is -2.58. The number of hydrogen-bond acceptors (Lipinski definition) is 6. The minimum Gasteiger partial charge on any atom is -0.292 e. The van der Waals surface area contributed by atoms with Crippen LogP contribution in [0.2, 0.25) is 0 Å². The lowest BCUT2D eigenvalue weighted by Gasteiger charge is -2.20. The predicted octanol–water partition coefficient (Wildman–Crippen LogP) is -1.12. The van der Waals surface area contributed by atoms with Crippen molar-refractivity contribution in [3.05, 3.63) is 0 Å². The summed E-state index contributed by atoms with van der Waals surface area (Å²) in [4.78, 5) is 10.6. The van der Waals surface area contributed by atoms with Crippen LogP contribution in [0.5, 0.6) is 0 Å². The first-order valence-electron chi connectivity index (χ1n) is 2.82. The maximum absolute atomic E-state index is 10.9. The van der Waals surface area contributed by atoms with Crippen molar-refractivity contribution in [3.63, 3.8) is 0 Å². The minimum atomic E-state index is -4.31. The van der Waals surface area contributed by atoms with Crippen molar-refractivity contribution in [3.8, 4) is 0 Å². The largest absolute Gasteiger partial charge is 0.293 e. The number of nitrogens with two attached hydrogens (primary N) is 1. The van der Waals surface area contributed by atoms with E-state index >= 15 is 0 Å². The van der Waals surface area contributed by atoms with E-state index in [4.69, 9.17) is 17.3 Å². The van der Waals surface area contributed by atoms with Crippen molar-refractivity contribution in [2.75, 3.05) is 12.5 Å². The highest BCUT2D eigenvalue weighted by Crippen LogP contribution is 2.20. The van der Waals surface area contributed by atoms with E-state index in [-0.39, 0.29) is 12.4 Å². The molecule has 2 N–H and O–H groups in total. The summed E-state index contributed by atoms with van der Waals surface area (Å²) < 4.78 is 40.7. The average molecular weight is 286 g/mol. The Morgan fingerprint density at radius 2 is 1.36 bits per heavy atom. The van der Waals surface area contributed by atoms with Crippen molar-refractivity contribution in [1.29, 1.82) is 0 Å². The molecule has 0 aromatic carbocycles. The van der Waals surface area contributed by atoms with Crippen LogP contribution >= 0.6 is 24.0 Å². The lowest BCUT2D eigenvalue weighted by atomic mass is 10.7. The molecule has 0 aliphatic carbocycles. The summed E-state index contributed by atoms with van der Waals surface area (Å²) in [5.74, 6) is 0. The van der Waals surface area contributed by atoms with Gasteiger partial charge in [0, 0.05) is 12.5 Å². The molecule has 0 heterocycles. The first-order valence-corrected chi connectivity index (χ1v) is 6.98. The number of sulfone groups is 2. The molecule has 0 bridgehead atoms. The van der Waals surface area contributed by atoms with Gasteiger partial charge >= 0.3 is 0 Å². The summed E-state index contributed by atoms with van der Waals surface area (Å²) in [5.41, 5.74) is 4.94. The number of carbonyl (C=O) groups excluding carboxylic acids is 1. The summed E-state index contributed by atoms with van der Waals surface area (Å²) in [7, 11) is -8.63. The van der Waals surface area contributed by atoms with E-state index in [9.17, 15) is 21.6 Å². The second-order valence-corrected chi connectivity index (χ2v) is 7.46. The van der Waals surface area contributed by atoms with E-state index in [1.54, 1.807) is 0 Å². The van der Waals surface area contributed by atoms with Gasteiger partial charge in [-0.1, -0.05) is 0 Å². The average Bonchev–Trinajstić information content (AvgIpc) is 1.80. The standard InChI is InChI=1S/C4H8ClNO5S2.ClH/c1-12(8,9)4(6,3(5)7)13(2,10)11;/h6H2,1-2H3;1H. The maximum atomic E-state index is 10.9. The van der Waals surface area contributed by atoms with Gasteiger partial charge in [-0.15, -0.1) is 12.4 Å². The zero-order valence-electron chi connectivity index (χ0n) is 7.22. The Morgan fingerprint density at radius 3 is 1.36 bits per heavy atom. The molecule has 0 aliphatic heterocycles. The normalized spacial score (nSPS) is 13.1.